The van der Waals surface area contributed by atoms with Gasteiger partial charge in [0.2, 0.25) is 0 Å². The average Bonchev–Trinajstić information content (AvgIpc) is 3.69. The molecular formula is C30H27FN4O2. The summed E-state index contributed by atoms with van der Waals surface area (Å²) < 4.78 is 21.3. The van der Waals surface area contributed by atoms with E-state index in [-0.39, 0.29) is 17.1 Å². The van der Waals surface area contributed by atoms with Crippen LogP contribution in [0.5, 0.6) is 5.75 Å². The van der Waals surface area contributed by atoms with Gasteiger partial charge in [-0.3, -0.25) is 9.79 Å². The summed E-state index contributed by atoms with van der Waals surface area (Å²) in [7, 11) is 1.68. The number of amides is 1. The molecule has 2 aliphatic heterocycles. The smallest absolute Gasteiger partial charge is 0.272 e. The molecule has 1 aromatic heterocycles. The highest BCUT2D eigenvalue weighted by molar-refractivity contribution is 5.96. The number of fused-ring (bicyclic) bond motifs is 1. The highest BCUT2D eigenvalue weighted by Crippen LogP contribution is 2.44. The minimum absolute atomic E-state index is 0.0205. The topological polar surface area (TPSA) is 59.7 Å². The van der Waals surface area contributed by atoms with Crippen molar-refractivity contribution in [2.45, 2.75) is 24.7 Å². The maximum Gasteiger partial charge on any atom is 0.272 e. The van der Waals surface area contributed by atoms with Crippen LogP contribution < -0.4 is 4.74 Å². The van der Waals surface area contributed by atoms with Crippen LogP contribution in [0.2, 0.25) is 0 Å². The van der Waals surface area contributed by atoms with Gasteiger partial charge in [-0.15, -0.1) is 0 Å². The molecule has 186 valence electrons. The standard InChI is InChI=1S/C30H27FN4O2/c1-37-28-17-27-22(19-33-35(27)24-11-9-23(31)10-12-24)16-25(28)30(18-21-6-3-2-4-7-21)13-15-34(20-30)29(36)26-8-5-14-32-26/h2-4,6-12,14,16-17,19H,5,13,15,18,20H2,1H3. The van der Waals surface area contributed by atoms with Gasteiger partial charge in [0.1, 0.15) is 17.3 Å². The summed E-state index contributed by atoms with van der Waals surface area (Å²) in [5, 5.41) is 5.55. The van der Waals surface area contributed by atoms with Crippen LogP contribution in [-0.4, -0.2) is 47.0 Å². The molecule has 7 heteroatoms. The number of methoxy groups -OCH3 is 1. The molecule has 6 rings (SSSR count). The van der Waals surface area contributed by atoms with Crippen LogP contribution in [-0.2, 0) is 16.6 Å². The number of halogens is 1. The molecule has 4 aromatic rings. The number of nitrogens with zero attached hydrogens (tertiary/aromatic N) is 4. The van der Waals surface area contributed by atoms with Gasteiger partial charge in [0.05, 0.1) is 24.5 Å². The van der Waals surface area contributed by atoms with Gasteiger partial charge < -0.3 is 9.64 Å². The number of aromatic nitrogens is 2. The summed E-state index contributed by atoms with van der Waals surface area (Å²) in [5.41, 5.74) is 4.10. The summed E-state index contributed by atoms with van der Waals surface area (Å²) in [6, 6.07) is 20.8. The second-order valence-electron chi connectivity index (χ2n) is 9.70. The zero-order chi connectivity index (χ0) is 25.4. The van der Waals surface area contributed by atoms with E-state index in [1.807, 2.05) is 41.4 Å². The highest BCUT2D eigenvalue weighted by atomic mass is 19.1. The van der Waals surface area contributed by atoms with Crippen molar-refractivity contribution in [2.24, 2.45) is 4.99 Å². The van der Waals surface area contributed by atoms with Gasteiger partial charge in [-0.05, 0) is 54.8 Å². The van der Waals surface area contributed by atoms with E-state index in [0.29, 0.717) is 25.2 Å². The Labute approximate surface area is 214 Å². The molecule has 0 spiro atoms. The molecule has 1 saturated heterocycles. The van der Waals surface area contributed by atoms with E-state index in [2.05, 4.69) is 28.3 Å². The Bertz CT molecular complexity index is 1520. The Kier molecular flexibility index (Phi) is 5.83. The van der Waals surface area contributed by atoms with Gasteiger partial charge >= 0.3 is 0 Å². The second-order valence-corrected chi connectivity index (χ2v) is 9.70. The first-order valence-electron chi connectivity index (χ1n) is 12.4. The van der Waals surface area contributed by atoms with Crippen molar-refractivity contribution in [3.05, 3.63) is 102 Å². The van der Waals surface area contributed by atoms with Crippen LogP contribution in [0.15, 0.2) is 89.7 Å². The summed E-state index contributed by atoms with van der Waals surface area (Å²) in [6.45, 7) is 1.22. The molecule has 0 saturated carbocycles. The van der Waals surface area contributed by atoms with Gasteiger partial charge in [0, 0.05) is 48.2 Å². The lowest BCUT2D eigenvalue weighted by Crippen LogP contribution is -2.36. The quantitative estimate of drug-likeness (QED) is 0.368. The predicted molar refractivity (Wildman–Crippen MR) is 142 cm³/mol. The summed E-state index contributed by atoms with van der Waals surface area (Å²) in [6.07, 6.45) is 7.76. The first kappa shape index (κ1) is 23.2. The van der Waals surface area contributed by atoms with Gasteiger partial charge in [-0.2, -0.15) is 5.10 Å². The first-order chi connectivity index (χ1) is 18.1. The molecule has 0 bridgehead atoms. The normalized spacial score (nSPS) is 19.0. The Balaban J connectivity index is 1.44. The second kappa shape index (κ2) is 9.32. The molecule has 3 aromatic carbocycles. The van der Waals surface area contributed by atoms with Crippen LogP contribution in [0.4, 0.5) is 4.39 Å². The van der Waals surface area contributed by atoms with Crippen molar-refractivity contribution in [1.82, 2.24) is 14.7 Å². The Hall–Kier alpha value is -4.26. The third kappa shape index (κ3) is 4.20. The lowest BCUT2D eigenvalue weighted by Gasteiger charge is -2.32. The Morgan fingerprint density at radius 1 is 1.11 bits per heavy atom. The van der Waals surface area contributed by atoms with E-state index in [0.717, 1.165) is 40.7 Å². The van der Waals surface area contributed by atoms with Crippen molar-refractivity contribution < 1.29 is 13.9 Å². The third-order valence-electron chi connectivity index (χ3n) is 7.42. The SMILES string of the molecule is COc1cc2c(cnn2-c2ccc(F)cc2)cc1C1(Cc2ccccc2)CCN(C(=O)C2=CCC=N2)C1. The van der Waals surface area contributed by atoms with E-state index >= 15 is 0 Å². The lowest BCUT2D eigenvalue weighted by atomic mass is 9.74. The van der Waals surface area contributed by atoms with E-state index in [9.17, 15) is 9.18 Å². The molecule has 0 radical (unpaired) electrons. The number of aliphatic imine (C=N–C) groups is 1. The molecule has 37 heavy (non-hydrogen) atoms. The van der Waals surface area contributed by atoms with Crippen LogP contribution >= 0.6 is 0 Å². The van der Waals surface area contributed by atoms with Crippen LogP contribution in [0.25, 0.3) is 16.6 Å². The molecule has 0 N–H and O–H groups in total. The summed E-state index contributed by atoms with van der Waals surface area (Å²) >= 11 is 0. The molecule has 1 unspecified atom stereocenters. The van der Waals surface area contributed by atoms with E-state index in [1.54, 1.807) is 30.1 Å². The molecule has 1 atom stereocenters. The molecule has 0 aliphatic carbocycles. The minimum Gasteiger partial charge on any atom is -0.496 e. The number of rotatable bonds is 6. The maximum atomic E-state index is 13.5. The molecule has 1 amide bonds. The zero-order valence-electron chi connectivity index (χ0n) is 20.6. The van der Waals surface area contributed by atoms with Crippen LogP contribution in [0.3, 0.4) is 0 Å². The molecule has 6 nitrogen and oxygen atoms in total. The fourth-order valence-corrected chi connectivity index (χ4v) is 5.59. The number of ether oxygens (including phenoxy) is 1. The van der Waals surface area contributed by atoms with Gasteiger partial charge in [-0.25, -0.2) is 9.07 Å². The fourth-order valence-electron chi connectivity index (χ4n) is 5.59. The number of allylic oxidation sites excluding steroid dienone is 1. The van der Waals surface area contributed by atoms with Crippen molar-refractivity contribution in [1.29, 1.82) is 0 Å². The molecular weight excluding hydrogens is 467 g/mol. The number of hydrogen-bond donors (Lipinski definition) is 0. The highest BCUT2D eigenvalue weighted by Gasteiger charge is 2.44. The van der Waals surface area contributed by atoms with Crippen molar-refractivity contribution in [2.75, 3.05) is 20.2 Å². The fraction of sp³-hybridized carbons (Fsp3) is 0.233. The molecule has 1 fully saturated rings. The van der Waals surface area contributed by atoms with E-state index in [4.69, 9.17) is 4.74 Å². The van der Waals surface area contributed by atoms with E-state index in [1.165, 1.54) is 17.7 Å². The minimum atomic E-state index is -0.336. The predicted octanol–water partition coefficient (Wildman–Crippen LogP) is 5.24. The van der Waals surface area contributed by atoms with Gasteiger partial charge in [0.15, 0.2) is 0 Å². The van der Waals surface area contributed by atoms with Crippen LogP contribution in [0.1, 0.15) is 24.0 Å². The maximum absolute atomic E-state index is 13.5. The molecule has 3 heterocycles. The lowest BCUT2D eigenvalue weighted by molar-refractivity contribution is -0.126. The first-order valence-corrected chi connectivity index (χ1v) is 12.4. The largest absolute Gasteiger partial charge is 0.496 e. The van der Waals surface area contributed by atoms with Crippen molar-refractivity contribution in [3.63, 3.8) is 0 Å². The van der Waals surface area contributed by atoms with Crippen molar-refractivity contribution >= 4 is 23.0 Å². The number of likely N-dealkylation sites (tertiary alicyclic amines) is 1. The monoisotopic (exact) mass is 494 g/mol. The number of benzene rings is 3. The summed E-state index contributed by atoms with van der Waals surface area (Å²) in [4.78, 5) is 19.4. The molecule has 2 aliphatic rings. The van der Waals surface area contributed by atoms with Gasteiger partial charge in [0.25, 0.3) is 5.91 Å². The Morgan fingerprint density at radius 2 is 1.92 bits per heavy atom. The summed E-state index contributed by atoms with van der Waals surface area (Å²) in [5.74, 6) is 0.440. The van der Waals surface area contributed by atoms with Gasteiger partial charge in [-0.1, -0.05) is 30.3 Å². The zero-order valence-corrected chi connectivity index (χ0v) is 20.6. The Morgan fingerprint density at radius 3 is 2.65 bits per heavy atom. The third-order valence-corrected chi connectivity index (χ3v) is 7.42. The van der Waals surface area contributed by atoms with E-state index < -0.39 is 0 Å². The van der Waals surface area contributed by atoms with Crippen molar-refractivity contribution in [3.8, 4) is 11.4 Å². The number of carbonyl (C=O) groups is 1. The van der Waals surface area contributed by atoms with Crippen LogP contribution in [0, 0.1) is 5.82 Å². The average molecular weight is 495 g/mol. The number of hydrogen-bond acceptors (Lipinski definition) is 4. The number of carbonyl (C=O) groups excluding carboxylic acids is 1.